The second kappa shape index (κ2) is 6.68. The van der Waals surface area contributed by atoms with Gasteiger partial charge in [0.05, 0.1) is 6.61 Å². The Hall–Kier alpha value is -1.39. The number of nitrogens with zero attached hydrogens (tertiary/aromatic N) is 3. The molecule has 0 aliphatic heterocycles. The van der Waals surface area contributed by atoms with Gasteiger partial charge in [0, 0.05) is 6.04 Å². The predicted octanol–water partition coefficient (Wildman–Crippen LogP) is 2.84. The molecule has 1 saturated carbocycles. The molecule has 2 rings (SSSR count). The molecule has 1 aliphatic carbocycles. The molecule has 5 nitrogen and oxygen atoms in total. The van der Waals surface area contributed by atoms with Crippen LogP contribution in [0.1, 0.15) is 70.2 Å². The van der Waals surface area contributed by atoms with Crippen LogP contribution in [0.15, 0.2) is 6.33 Å². The van der Waals surface area contributed by atoms with Gasteiger partial charge in [0.2, 0.25) is 0 Å². The second-order valence-corrected chi connectivity index (χ2v) is 5.13. The number of esters is 1. The fourth-order valence-electron chi connectivity index (χ4n) is 2.85. The molecule has 0 spiro atoms. The molecule has 1 aromatic heterocycles. The van der Waals surface area contributed by atoms with Gasteiger partial charge in [0.25, 0.3) is 0 Å². The van der Waals surface area contributed by atoms with Crippen LogP contribution >= 0.6 is 0 Å². The Bertz CT molecular complexity index is 411. The lowest BCUT2D eigenvalue weighted by atomic mass is 10.0. The van der Waals surface area contributed by atoms with Gasteiger partial charge in [0.15, 0.2) is 0 Å². The van der Waals surface area contributed by atoms with Crippen molar-refractivity contribution >= 4 is 5.97 Å². The van der Waals surface area contributed by atoms with E-state index in [-0.39, 0.29) is 11.9 Å². The summed E-state index contributed by atoms with van der Waals surface area (Å²) < 4.78 is 7.28. The number of aromatic nitrogens is 3. The topological polar surface area (TPSA) is 57.0 Å². The number of hydrogen-bond acceptors (Lipinski definition) is 4. The zero-order valence-electron chi connectivity index (χ0n) is 11.8. The van der Waals surface area contributed by atoms with Gasteiger partial charge in [-0.3, -0.25) is 4.79 Å². The number of hydrogen-bond donors (Lipinski definition) is 0. The lowest BCUT2D eigenvalue weighted by Gasteiger charge is -2.19. The van der Waals surface area contributed by atoms with E-state index >= 15 is 0 Å². The maximum Gasteiger partial charge on any atom is 0.316 e. The summed E-state index contributed by atoms with van der Waals surface area (Å²) in [5.74, 6) is 0.344. The average molecular weight is 265 g/mol. The van der Waals surface area contributed by atoms with E-state index in [0.717, 1.165) is 31.5 Å². The summed E-state index contributed by atoms with van der Waals surface area (Å²) in [6.07, 6.45) is 8.29. The van der Waals surface area contributed by atoms with E-state index in [0.29, 0.717) is 12.6 Å². The van der Waals surface area contributed by atoms with Crippen LogP contribution in [0.25, 0.3) is 0 Å². The van der Waals surface area contributed by atoms with Crippen LogP contribution in [0.4, 0.5) is 0 Å². The molecule has 0 aromatic carbocycles. The molecule has 0 radical (unpaired) electrons. The van der Waals surface area contributed by atoms with Gasteiger partial charge in [-0.1, -0.05) is 26.2 Å². The first-order chi connectivity index (χ1) is 9.27. The van der Waals surface area contributed by atoms with Crippen LogP contribution in [-0.2, 0) is 9.53 Å². The highest BCUT2D eigenvalue weighted by molar-refractivity contribution is 5.77. The number of ether oxygens (including phenoxy) is 1. The Morgan fingerprint density at radius 1 is 1.47 bits per heavy atom. The summed E-state index contributed by atoms with van der Waals surface area (Å²) in [7, 11) is 0. The van der Waals surface area contributed by atoms with Crippen molar-refractivity contribution in [3.8, 4) is 0 Å². The van der Waals surface area contributed by atoms with Crippen molar-refractivity contribution in [1.82, 2.24) is 14.8 Å². The van der Waals surface area contributed by atoms with E-state index in [1.807, 2.05) is 6.92 Å². The Morgan fingerprint density at radius 3 is 2.84 bits per heavy atom. The van der Waals surface area contributed by atoms with Crippen molar-refractivity contribution < 1.29 is 9.53 Å². The molecule has 1 aromatic rings. The fraction of sp³-hybridized carbons (Fsp3) is 0.786. The number of rotatable bonds is 6. The minimum absolute atomic E-state index is 0.170. The van der Waals surface area contributed by atoms with Crippen molar-refractivity contribution in [3.63, 3.8) is 0 Å². The highest BCUT2D eigenvalue weighted by atomic mass is 16.5. The molecule has 0 bridgehead atoms. The quantitative estimate of drug-likeness (QED) is 0.742. The highest BCUT2D eigenvalue weighted by Crippen LogP contribution is 2.32. The lowest BCUT2D eigenvalue weighted by molar-refractivity contribution is -0.145. The number of carbonyl (C=O) groups is 1. The molecule has 1 atom stereocenters. The van der Waals surface area contributed by atoms with E-state index in [2.05, 4.69) is 21.7 Å². The van der Waals surface area contributed by atoms with E-state index in [1.165, 1.54) is 12.8 Å². The van der Waals surface area contributed by atoms with Gasteiger partial charge in [-0.25, -0.2) is 0 Å². The van der Waals surface area contributed by atoms with Crippen molar-refractivity contribution in [2.24, 2.45) is 0 Å². The Kier molecular flexibility index (Phi) is 4.93. The molecule has 106 valence electrons. The van der Waals surface area contributed by atoms with E-state index in [1.54, 1.807) is 6.33 Å². The van der Waals surface area contributed by atoms with E-state index in [4.69, 9.17) is 4.74 Å². The average Bonchev–Trinajstić information content (AvgIpc) is 3.06. The molecule has 19 heavy (non-hydrogen) atoms. The maximum absolute atomic E-state index is 12.1. The molecule has 1 aliphatic rings. The third-order valence-electron chi connectivity index (χ3n) is 3.78. The second-order valence-electron chi connectivity index (χ2n) is 5.13. The molecule has 5 heteroatoms. The first-order valence-electron chi connectivity index (χ1n) is 7.34. The third kappa shape index (κ3) is 3.14. The first kappa shape index (κ1) is 14.0. The van der Waals surface area contributed by atoms with E-state index in [9.17, 15) is 4.79 Å². The van der Waals surface area contributed by atoms with Crippen LogP contribution in [0, 0.1) is 0 Å². The fourth-order valence-corrected chi connectivity index (χ4v) is 2.85. The third-order valence-corrected chi connectivity index (χ3v) is 3.78. The van der Waals surface area contributed by atoms with E-state index < -0.39 is 0 Å². The van der Waals surface area contributed by atoms with Crippen LogP contribution < -0.4 is 0 Å². The summed E-state index contributed by atoms with van der Waals surface area (Å²) in [4.78, 5) is 12.1. The van der Waals surface area contributed by atoms with Gasteiger partial charge >= 0.3 is 5.97 Å². The van der Waals surface area contributed by atoms with Crippen LogP contribution in [0.2, 0.25) is 0 Å². The first-order valence-corrected chi connectivity index (χ1v) is 7.34. The summed E-state index contributed by atoms with van der Waals surface area (Å²) in [5, 5.41) is 8.21. The Labute approximate surface area is 114 Å². The smallest absolute Gasteiger partial charge is 0.316 e. The SMILES string of the molecule is CCCC(C(=O)OCC)c1nncn1C1CCCC1. The predicted molar refractivity (Wildman–Crippen MR) is 71.8 cm³/mol. The Morgan fingerprint density at radius 2 is 2.21 bits per heavy atom. The molecule has 1 unspecified atom stereocenters. The van der Waals surface area contributed by atoms with Crippen molar-refractivity contribution in [2.45, 2.75) is 64.3 Å². The standard InChI is InChI=1S/C14H23N3O2/c1-3-7-12(14(18)19-4-2)13-16-15-10-17(13)11-8-5-6-9-11/h10-12H,3-9H2,1-2H3. The molecule has 1 heterocycles. The normalized spacial score (nSPS) is 17.6. The maximum atomic E-state index is 12.1. The van der Waals surface area contributed by atoms with Gasteiger partial charge in [-0.15, -0.1) is 10.2 Å². The summed E-state index contributed by atoms with van der Waals surface area (Å²) in [5.41, 5.74) is 0. The van der Waals surface area contributed by atoms with Gasteiger partial charge in [-0.2, -0.15) is 0 Å². The molecular weight excluding hydrogens is 242 g/mol. The minimum atomic E-state index is -0.270. The Balaban J connectivity index is 2.21. The highest BCUT2D eigenvalue weighted by Gasteiger charge is 2.29. The largest absolute Gasteiger partial charge is 0.465 e. The van der Waals surface area contributed by atoms with Crippen LogP contribution in [0.3, 0.4) is 0 Å². The monoisotopic (exact) mass is 265 g/mol. The zero-order valence-corrected chi connectivity index (χ0v) is 11.8. The lowest BCUT2D eigenvalue weighted by Crippen LogP contribution is -2.21. The van der Waals surface area contributed by atoms with Crippen molar-refractivity contribution in [3.05, 3.63) is 12.2 Å². The van der Waals surface area contributed by atoms with Crippen LogP contribution in [-0.4, -0.2) is 27.3 Å². The summed E-state index contributed by atoms with van der Waals surface area (Å²) in [6, 6.07) is 0.457. The zero-order chi connectivity index (χ0) is 13.7. The van der Waals surface area contributed by atoms with Gasteiger partial charge in [-0.05, 0) is 26.2 Å². The van der Waals surface area contributed by atoms with Crippen LogP contribution in [0.5, 0.6) is 0 Å². The van der Waals surface area contributed by atoms with Gasteiger partial charge < -0.3 is 9.30 Å². The number of carbonyl (C=O) groups excluding carboxylic acids is 1. The minimum Gasteiger partial charge on any atom is -0.465 e. The van der Waals surface area contributed by atoms with Crippen molar-refractivity contribution in [2.75, 3.05) is 6.61 Å². The summed E-state index contributed by atoms with van der Waals surface area (Å²) in [6.45, 7) is 4.32. The molecule has 0 amide bonds. The molecule has 0 saturated heterocycles. The molecule has 0 N–H and O–H groups in total. The van der Waals surface area contributed by atoms with Crippen molar-refractivity contribution in [1.29, 1.82) is 0 Å². The molecular formula is C14H23N3O2. The van der Waals surface area contributed by atoms with Gasteiger partial charge in [0.1, 0.15) is 18.1 Å². The summed E-state index contributed by atoms with van der Waals surface area (Å²) >= 11 is 0. The molecule has 1 fully saturated rings.